The maximum Gasteiger partial charge on any atom is 0.165 e. The van der Waals surface area contributed by atoms with Gasteiger partial charge in [0, 0.05) is 23.9 Å². The molecule has 0 bridgehead atoms. The van der Waals surface area contributed by atoms with Gasteiger partial charge in [-0.25, -0.2) is 9.37 Å². The number of nitrogens with zero attached hydrogens (tertiary/aromatic N) is 2. The predicted octanol–water partition coefficient (Wildman–Crippen LogP) is 5.47. The van der Waals surface area contributed by atoms with Crippen molar-refractivity contribution in [1.29, 1.82) is 0 Å². The Morgan fingerprint density at radius 1 is 1.23 bits per heavy atom. The number of aromatic nitrogens is 2. The highest BCUT2D eigenvalue weighted by Gasteiger charge is 2.18. The zero-order chi connectivity index (χ0) is 21.7. The number of carbonyl (C=O) groups excluding carboxylic acids is 1. The predicted molar refractivity (Wildman–Crippen MR) is 117 cm³/mol. The number of Topliss-reactive ketones (excluding diaryl/α,β-unsaturated/α-hetero) is 1. The molecule has 0 saturated heterocycles. The van der Waals surface area contributed by atoms with Crippen LogP contribution in [0, 0.1) is 11.7 Å². The fourth-order valence-corrected chi connectivity index (χ4v) is 3.43. The second-order valence-electron chi connectivity index (χ2n) is 7.55. The number of fused-ring (bicyclic) bond motifs is 1. The van der Waals surface area contributed by atoms with Crippen LogP contribution in [0.1, 0.15) is 26.7 Å². The molecule has 0 spiro atoms. The molecule has 3 aromatic rings. The molecule has 0 N–H and O–H groups in total. The van der Waals surface area contributed by atoms with E-state index < -0.39 is 5.82 Å². The molecule has 3 rings (SSSR count). The van der Waals surface area contributed by atoms with Gasteiger partial charge in [-0.15, -0.1) is 11.6 Å². The third-order valence-electron chi connectivity index (χ3n) is 4.65. The summed E-state index contributed by atoms with van der Waals surface area (Å²) in [6.45, 7) is 4.74. The van der Waals surface area contributed by atoms with E-state index in [1.54, 1.807) is 12.1 Å². The summed E-state index contributed by atoms with van der Waals surface area (Å²) in [7, 11) is 1.42. The van der Waals surface area contributed by atoms with Crippen molar-refractivity contribution in [2.75, 3.05) is 19.6 Å². The van der Waals surface area contributed by atoms with E-state index in [0.29, 0.717) is 41.6 Å². The number of carbonyl (C=O) groups is 1. The quantitative estimate of drug-likeness (QED) is 0.314. The van der Waals surface area contributed by atoms with E-state index in [2.05, 4.69) is 0 Å². The smallest absolute Gasteiger partial charge is 0.165 e. The molecule has 0 aliphatic rings. The van der Waals surface area contributed by atoms with Gasteiger partial charge >= 0.3 is 0 Å². The monoisotopic (exact) mass is 432 g/mol. The van der Waals surface area contributed by atoms with Crippen LogP contribution in [-0.4, -0.2) is 34.9 Å². The second kappa shape index (κ2) is 9.94. The number of methoxy groups -OCH3 is 1. The lowest BCUT2D eigenvalue weighted by molar-refractivity contribution is -0.120. The zero-order valence-corrected chi connectivity index (χ0v) is 18.2. The number of hydrogen-bond donors (Lipinski definition) is 0. The van der Waals surface area contributed by atoms with Crippen LogP contribution < -0.4 is 9.47 Å². The molecule has 0 saturated carbocycles. The molecule has 7 heteroatoms. The molecule has 0 amide bonds. The third-order valence-corrected chi connectivity index (χ3v) is 4.91. The number of imidazole rings is 1. The molecular weight excluding hydrogens is 407 g/mol. The van der Waals surface area contributed by atoms with Gasteiger partial charge in [0.05, 0.1) is 31.3 Å². The van der Waals surface area contributed by atoms with Gasteiger partial charge in [-0.1, -0.05) is 13.8 Å². The molecule has 0 radical (unpaired) electrons. The summed E-state index contributed by atoms with van der Waals surface area (Å²) < 4.78 is 26.6. The van der Waals surface area contributed by atoms with Crippen LogP contribution in [0.2, 0.25) is 0 Å². The zero-order valence-electron chi connectivity index (χ0n) is 17.5. The van der Waals surface area contributed by atoms with E-state index in [9.17, 15) is 9.18 Å². The van der Waals surface area contributed by atoms with Crippen molar-refractivity contribution in [3.05, 3.63) is 42.2 Å². The maximum absolute atomic E-state index is 13.9. The summed E-state index contributed by atoms with van der Waals surface area (Å²) in [5.74, 6) is 1.86. The van der Waals surface area contributed by atoms with E-state index in [1.807, 2.05) is 36.6 Å². The highest BCUT2D eigenvalue weighted by Crippen LogP contribution is 2.31. The van der Waals surface area contributed by atoms with Crippen molar-refractivity contribution in [3.8, 4) is 22.9 Å². The van der Waals surface area contributed by atoms with Gasteiger partial charge in [0.1, 0.15) is 11.6 Å². The van der Waals surface area contributed by atoms with Gasteiger partial charge in [0.25, 0.3) is 0 Å². The lowest BCUT2D eigenvalue weighted by Gasteiger charge is -2.11. The van der Waals surface area contributed by atoms with Crippen molar-refractivity contribution in [2.45, 2.75) is 33.2 Å². The highest BCUT2D eigenvalue weighted by atomic mass is 35.5. The normalized spacial score (nSPS) is 11.3. The minimum atomic E-state index is -0.449. The first-order chi connectivity index (χ1) is 14.4. The molecule has 160 valence electrons. The molecule has 1 heterocycles. The van der Waals surface area contributed by atoms with Crippen molar-refractivity contribution in [1.82, 2.24) is 9.55 Å². The highest BCUT2D eigenvalue weighted by molar-refractivity contribution is 6.17. The Hall–Kier alpha value is -2.60. The third kappa shape index (κ3) is 5.11. The minimum absolute atomic E-state index is 0.113. The number of ether oxygens (including phenoxy) is 2. The van der Waals surface area contributed by atoms with Crippen molar-refractivity contribution in [2.24, 2.45) is 5.92 Å². The molecule has 0 aliphatic carbocycles. The van der Waals surface area contributed by atoms with Crippen LogP contribution in [0.5, 0.6) is 11.5 Å². The molecule has 30 heavy (non-hydrogen) atoms. The average molecular weight is 433 g/mol. The maximum atomic E-state index is 13.9. The van der Waals surface area contributed by atoms with Crippen LogP contribution in [0.15, 0.2) is 36.4 Å². The van der Waals surface area contributed by atoms with Gasteiger partial charge in [-0.2, -0.15) is 0 Å². The molecule has 0 unspecified atom stereocenters. The fraction of sp³-hybridized carbons (Fsp3) is 0.391. The fourth-order valence-electron chi connectivity index (χ4n) is 3.32. The number of hydrogen-bond acceptors (Lipinski definition) is 4. The van der Waals surface area contributed by atoms with E-state index in [4.69, 9.17) is 26.1 Å². The van der Waals surface area contributed by atoms with Crippen LogP contribution in [0.4, 0.5) is 4.39 Å². The molecule has 1 aromatic heterocycles. The van der Waals surface area contributed by atoms with E-state index >= 15 is 0 Å². The molecule has 0 atom stereocenters. The van der Waals surface area contributed by atoms with Gasteiger partial charge in [0.15, 0.2) is 17.3 Å². The van der Waals surface area contributed by atoms with Crippen molar-refractivity contribution >= 4 is 28.4 Å². The first-order valence-electron chi connectivity index (χ1n) is 9.97. The summed E-state index contributed by atoms with van der Waals surface area (Å²) >= 11 is 5.71. The number of halogens is 2. The molecule has 2 aromatic carbocycles. The molecule has 0 fully saturated rings. The number of ketones is 1. The standard InChI is InChI=1S/C23H26ClFN2O3/c1-15(2)11-17(28)14-27-21-8-6-18(30-10-4-9-24)13-20(21)26-23(27)16-5-7-19(25)22(12-16)29-3/h5-8,12-13,15H,4,9-11,14H2,1-3H3. The Morgan fingerprint density at radius 2 is 2.03 bits per heavy atom. The topological polar surface area (TPSA) is 53.4 Å². The largest absolute Gasteiger partial charge is 0.494 e. The van der Waals surface area contributed by atoms with Gasteiger partial charge in [-0.3, -0.25) is 4.79 Å². The van der Waals surface area contributed by atoms with Crippen LogP contribution in [0.3, 0.4) is 0 Å². The summed E-state index contributed by atoms with van der Waals surface area (Å²) in [5.41, 5.74) is 2.19. The Balaban J connectivity index is 2.06. The Kier molecular flexibility index (Phi) is 7.32. The SMILES string of the molecule is COc1cc(-c2nc3cc(OCCCCl)ccc3n2CC(=O)CC(C)C)ccc1F. The van der Waals surface area contributed by atoms with Gasteiger partial charge in [-0.05, 0) is 42.7 Å². The lowest BCUT2D eigenvalue weighted by atomic mass is 10.1. The van der Waals surface area contributed by atoms with Gasteiger partial charge in [0.2, 0.25) is 0 Å². The second-order valence-corrected chi connectivity index (χ2v) is 7.93. The lowest BCUT2D eigenvalue weighted by Crippen LogP contribution is -2.13. The van der Waals surface area contributed by atoms with Crippen LogP contribution in [0.25, 0.3) is 22.4 Å². The summed E-state index contributed by atoms with van der Waals surface area (Å²) in [5, 5.41) is 0. The minimum Gasteiger partial charge on any atom is -0.494 e. The van der Waals surface area contributed by atoms with E-state index in [0.717, 1.165) is 11.9 Å². The number of rotatable bonds is 10. The Bertz CT molecular complexity index is 1030. The van der Waals surface area contributed by atoms with E-state index in [1.165, 1.54) is 13.2 Å². The Labute approximate surface area is 180 Å². The van der Waals surface area contributed by atoms with Crippen LogP contribution >= 0.6 is 11.6 Å². The van der Waals surface area contributed by atoms with Crippen molar-refractivity contribution in [3.63, 3.8) is 0 Å². The number of benzene rings is 2. The molecule has 0 aliphatic heterocycles. The average Bonchev–Trinajstić information content (AvgIpc) is 3.05. The van der Waals surface area contributed by atoms with E-state index in [-0.39, 0.29) is 24.0 Å². The Morgan fingerprint density at radius 3 is 2.73 bits per heavy atom. The molecular formula is C23H26ClFN2O3. The van der Waals surface area contributed by atoms with Crippen LogP contribution in [-0.2, 0) is 11.3 Å². The van der Waals surface area contributed by atoms with Crippen molar-refractivity contribution < 1.29 is 18.7 Å². The first kappa shape index (κ1) is 22.1. The first-order valence-corrected chi connectivity index (χ1v) is 10.5. The number of alkyl halides is 1. The summed E-state index contributed by atoms with van der Waals surface area (Å²) in [6.07, 6.45) is 1.23. The summed E-state index contributed by atoms with van der Waals surface area (Å²) in [6, 6.07) is 10.2. The molecule has 5 nitrogen and oxygen atoms in total. The summed E-state index contributed by atoms with van der Waals surface area (Å²) in [4.78, 5) is 17.3. The van der Waals surface area contributed by atoms with Gasteiger partial charge < -0.3 is 14.0 Å².